The molecule has 0 bridgehead atoms. The minimum Gasteiger partial charge on any atom is -0.300 e. The average molecular weight is 97.1 g/mol. The van der Waals surface area contributed by atoms with Crippen LogP contribution in [0.5, 0.6) is 0 Å². The van der Waals surface area contributed by atoms with Gasteiger partial charge in [-0.1, -0.05) is 0 Å². The molecule has 1 radical (unpaired) electrons. The van der Waals surface area contributed by atoms with E-state index in [0.717, 1.165) is 6.42 Å². The number of carbonyl (C=O) groups is 1. The molecule has 0 aliphatic heterocycles. The first-order valence-corrected chi connectivity index (χ1v) is 2.62. The van der Waals surface area contributed by atoms with Crippen molar-refractivity contribution in [1.29, 1.82) is 0 Å². The standard InChI is InChI=1S/C6H9O/c1-5(7)4-6-2-3-6/h2-4H2,1H3. The lowest BCUT2D eigenvalue weighted by atomic mass is 10.2. The van der Waals surface area contributed by atoms with Crippen LogP contribution < -0.4 is 0 Å². The summed E-state index contributed by atoms with van der Waals surface area (Å²) in [5.41, 5.74) is 0. The summed E-state index contributed by atoms with van der Waals surface area (Å²) in [5.74, 6) is 1.75. The Hall–Kier alpha value is -0.330. The first-order valence-electron chi connectivity index (χ1n) is 2.62. The summed E-state index contributed by atoms with van der Waals surface area (Å²) in [6.45, 7) is 1.64. The maximum Gasteiger partial charge on any atom is 0.130 e. The van der Waals surface area contributed by atoms with E-state index in [1.54, 1.807) is 6.92 Å². The van der Waals surface area contributed by atoms with E-state index in [1.807, 2.05) is 0 Å². The molecule has 0 amide bonds. The molecule has 1 fully saturated rings. The van der Waals surface area contributed by atoms with Crippen LogP contribution in [-0.2, 0) is 4.79 Å². The number of Topliss-reactive ketones (excluding diaryl/α,β-unsaturated/α-hetero) is 1. The quantitative estimate of drug-likeness (QED) is 0.508. The van der Waals surface area contributed by atoms with Gasteiger partial charge in [-0.25, -0.2) is 0 Å². The van der Waals surface area contributed by atoms with Crippen LogP contribution in [0.25, 0.3) is 0 Å². The summed E-state index contributed by atoms with van der Waals surface area (Å²) >= 11 is 0. The van der Waals surface area contributed by atoms with Crippen molar-refractivity contribution in [3.8, 4) is 0 Å². The molecule has 0 atom stereocenters. The van der Waals surface area contributed by atoms with Crippen LogP contribution in [0.15, 0.2) is 0 Å². The summed E-state index contributed by atoms with van der Waals surface area (Å²) < 4.78 is 0. The number of rotatable bonds is 2. The highest BCUT2D eigenvalue weighted by molar-refractivity contribution is 5.78. The number of ketones is 1. The molecule has 0 aromatic heterocycles. The van der Waals surface area contributed by atoms with Crippen molar-refractivity contribution in [2.45, 2.75) is 26.2 Å². The monoisotopic (exact) mass is 97.1 g/mol. The van der Waals surface area contributed by atoms with Crippen LogP contribution in [0.4, 0.5) is 0 Å². The minimum absolute atomic E-state index is 0.313. The number of carbonyl (C=O) groups excluding carboxylic acids is 1. The van der Waals surface area contributed by atoms with E-state index in [4.69, 9.17) is 0 Å². The fourth-order valence-corrected chi connectivity index (χ4v) is 0.617. The van der Waals surface area contributed by atoms with Crippen molar-refractivity contribution in [2.75, 3.05) is 0 Å². The summed E-state index contributed by atoms with van der Waals surface area (Å²) in [6, 6.07) is 0. The van der Waals surface area contributed by atoms with Crippen LogP contribution in [0.2, 0.25) is 0 Å². The van der Waals surface area contributed by atoms with E-state index < -0.39 is 0 Å². The Kier molecular flexibility index (Phi) is 1.13. The third-order valence-corrected chi connectivity index (χ3v) is 1.10. The second-order valence-corrected chi connectivity index (χ2v) is 2.13. The van der Waals surface area contributed by atoms with Gasteiger partial charge in [-0.05, 0) is 25.7 Å². The molecule has 0 unspecified atom stereocenters. The predicted molar refractivity (Wildman–Crippen MR) is 27.8 cm³/mol. The van der Waals surface area contributed by atoms with Gasteiger partial charge in [0, 0.05) is 6.42 Å². The van der Waals surface area contributed by atoms with Crippen molar-refractivity contribution in [1.82, 2.24) is 0 Å². The molecule has 1 aliphatic rings. The summed E-state index contributed by atoms with van der Waals surface area (Å²) in [5, 5.41) is 0. The fourth-order valence-electron chi connectivity index (χ4n) is 0.617. The minimum atomic E-state index is 0.313. The summed E-state index contributed by atoms with van der Waals surface area (Å²) in [6.07, 6.45) is 3.17. The second kappa shape index (κ2) is 1.65. The Labute approximate surface area is 43.7 Å². The lowest BCUT2D eigenvalue weighted by Crippen LogP contribution is -1.87. The molecular weight excluding hydrogens is 88.1 g/mol. The lowest BCUT2D eigenvalue weighted by molar-refractivity contribution is -0.116. The molecule has 1 heteroatoms. The van der Waals surface area contributed by atoms with Crippen LogP contribution >= 0.6 is 0 Å². The van der Waals surface area contributed by atoms with E-state index in [1.165, 1.54) is 18.8 Å². The average Bonchev–Trinajstić information content (AvgIpc) is 2.17. The van der Waals surface area contributed by atoms with Crippen LogP contribution in [-0.4, -0.2) is 5.78 Å². The van der Waals surface area contributed by atoms with E-state index >= 15 is 0 Å². The maximum absolute atomic E-state index is 10.3. The third-order valence-electron chi connectivity index (χ3n) is 1.10. The topological polar surface area (TPSA) is 17.1 Å². The van der Waals surface area contributed by atoms with Crippen LogP contribution in [0, 0.1) is 5.92 Å². The molecule has 0 heterocycles. The maximum atomic E-state index is 10.3. The Bertz CT molecular complexity index is 82.2. The van der Waals surface area contributed by atoms with Gasteiger partial charge in [-0.3, -0.25) is 0 Å². The molecule has 0 aromatic rings. The van der Waals surface area contributed by atoms with E-state index in [2.05, 4.69) is 0 Å². The SMILES string of the molecule is CC(=O)C[C]1CC1. The van der Waals surface area contributed by atoms with Gasteiger partial charge in [0.25, 0.3) is 0 Å². The van der Waals surface area contributed by atoms with Gasteiger partial charge in [-0.2, -0.15) is 0 Å². The van der Waals surface area contributed by atoms with Gasteiger partial charge >= 0.3 is 0 Å². The molecule has 0 N–H and O–H groups in total. The Morgan fingerprint density at radius 2 is 2.29 bits per heavy atom. The van der Waals surface area contributed by atoms with Crippen molar-refractivity contribution in [2.24, 2.45) is 0 Å². The zero-order chi connectivity index (χ0) is 5.28. The molecule has 1 rings (SSSR count). The lowest BCUT2D eigenvalue weighted by Gasteiger charge is -1.83. The van der Waals surface area contributed by atoms with Gasteiger partial charge in [0.1, 0.15) is 5.78 Å². The Morgan fingerprint density at radius 1 is 1.71 bits per heavy atom. The van der Waals surface area contributed by atoms with E-state index in [9.17, 15) is 4.79 Å². The van der Waals surface area contributed by atoms with E-state index in [-0.39, 0.29) is 0 Å². The molecule has 7 heavy (non-hydrogen) atoms. The molecule has 1 saturated carbocycles. The molecular formula is C6H9O. The van der Waals surface area contributed by atoms with Gasteiger partial charge in [0.2, 0.25) is 0 Å². The van der Waals surface area contributed by atoms with Gasteiger partial charge in [0.05, 0.1) is 0 Å². The zero-order valence-corrected chi connectivity index (χ0v) is 4.53. The first kappa shape index (κ1) is 4.82. The second-order valence-electron chi connectivity index (χ2n) is 2.13. The molecule has 0 spiro atoms. The highest BCUT2D eigenvalue weighted by Gasteiger charge is 2.22. The van der Waals surface area contributed by atoms with Gasteiger partial charge in [-0.15, -0.1) is 0 Å². The molecule has 39 valence electrons. The van der Waals surface area contributed by atoms with Gasteiger partial charge in [0.15, 0.2) is 0 Å². The Balaban J connectivity index is 2.08. The first-order chi connectivity index (χ1) is 3.29. The zero-order valence-electron chi connectivity index (χ0n) is 4.53. The van der Waals surface area contributed by atoms with Crippen molar-refractivity contribution >= 4 is 5.78 Å². The van der Waals surface area contributed by atoms with Crippen molar-refractivity contribution in [3.05, 3.63) is 5.92 Å². The third kappa shape index (κ3) is 1.72. The van der Waals surface area contributed by atoms with E-state index in [0.29, 0.717) is 5.78 Å². The Morgan fingerprint density at radius 3 is 2.43 bits per heavy atom. The summed E-state index contributed by atoms with van der Waals surface area (Å²) in [4.78, 5) is 10.3. The summed E-state index contributed by atoms with van der Waals surface area (Å²) in [7, 11) is 0. The normalized spacial score (nSPS) is 19.6. The molecule has 1 aliphatic carbocycles. The molecule has 0 saturated heterocycles. The molecule has 1 nitrogen and oxygen atoms in total. The van der Waals surface area contributed by atoms with Gasteiger partial charge < -0.3 is 4.79 Å². The smallest absolute Gasteiger partial charge is 0.130 e. The van der Waals surface area contributed by atoms with Crippen molar-refractivity contribution < 1.29 is 4.79 Å². The highest BCUT2D eigenvalue weighted by Crippen LogP contribution is 2.34. The number of hydrogen-bond acceptors (Lipinski definition) is 1. The number of hydrogen-bond donors (Lipinski definition) is 0. The highest BCUT2D eigenvalue weighted by atomic mass is 16.1. The fraction of sp³-hybridized carbons (Fsp3) is 0.667. The largest absolute Gasteiger partial charge is 0.300 e. The van der Waals surface area contributed by atoms with Crippen LogP contribution in [0.3, 0.4) is 0 Å². The molecule has 0 aromatic carbocycles. The van der Waals surface area contributed by atoms with Crippen molar-refractivity contribution in [3.63, 3.8) is 0 Å². The van der Waals surface area contributed by atoms with Crippen LogP contribution in [0.1, 0.15) is 26.2 Å². The predicted octanol–water partition coefficient (Wildman–Crippen LogP) is 1.33.